The molecule has 0 aromatic heterocycles. The molecule has 0 radical (unpaired) electrons. The summed E-state index contributed by atoms with van der Waals surface area (Å²) in [7, 11) is 0. The molecular formula is C13H14N2O6. The van der Waals surface area contributed by atoms with Crippen LogP contribution in [-0.2, 0) is 4.79 Å². The molecule has 0 aliphatic heterocycles. The van der Waals surface area contributed by atoms with Crippen LogP contribution < -0.4 is 0 Å². The van der Waals surface area contributed by atoms with Crippen molar-refractivity contribution in [3.8, 4) is 0 Å². The maximum Gasteiger partial charge on any atom is 0.331 e. The molecular weight excluding hydrogens is 280 g/mol. The number of carbonyl (C=O) groups is 1. The lowest BCUT2D eigenvalue weighted by atomic mass is 9.94. The number of nitro groups is 2. The fourth-order valence-electron chi connectivity index (χ4n) is 2.11. The van der Waals surface area contributed by atoms with Crippen molar-refractivity contribution in [2.45, 2.75) is 27.7 Å². The third kappa shape index (κ3) is 2.88. The largest absolute Gasteiger partial charge is 0.478 e. The lowest BCUT2D eigenvalue weighted by Gasteiger charge is -2.10. The second kappa shape index (κ2) is 5.70. The van der Waals surface area contributed by atoms with Crippen molar-refractivity contribution in [2.75, 3.05) is 0 Å². The SMILES string of the molecule is CC(=Cc1c(C)c([N+](=O)[O-])c(C)c(C)c1[N+](=O)[O-])C(=O)O. The minimum atomic E-state index is -1.25. The predicted octanol–water partition coefficient (Wildman–Crippen LogP) is 2.92. The first-order chi connectivity index (χ1) is 9.59. The standard InChI is InChI=1S/C13H14N2O6/c1-6(13(16)17)5-10-9(4)11(14(18)19)7(2)8(3)12(10)15(20)21/h5H,1-4H3,(H,16,17). The van der Waals surface area contributed by atoms with Crippen LogP contribution in [0.3, 0.4) is 0 Å². The minimum Gasteiger partial charge on any atom is -0.478 e. The summed E-state index contributed by atoms with van der Waals surface area (Å²) in [5, 5.41) is 31.3. The minimum absolute atomic E-state index is 0.0466. The van der Waals surface area contributed by atoms with Crippen molar-refractivity contribution in [1.29, 1.82) is 0 Å². The molecule has 0 saturated carbocycles. The van der Waals surface area contributed by atoms with Gasteiger partial charge in [-0.05, 0) is 33.8 Å². The maximum absolute atomic E-state index is 11.2. The van der Waals surface area contributed by atoms with E-state index < -0.39 is 15.8 Å². The van der Waals surface area contributed by atoms with Crippen molar-refractivity contribution >= 4 is 23.4 Å². The fourth-order valence-corrected chi connectivity index (χ4v) is 2.11. The second-order valence-electron chi connectivity index (χ2n) is 4.63. The highest BCUT2D eigenvalue weighted by Crippen LogP contribution is 2.38. The molecule has 0 unspecified atom stereocenters. The van der Waals surface area contributed by atoms with Gasteiger partial charge in [0, 0.05) is 22.3 Å². The molecule has 0 spiro atoms. The van der Waals surface area contributed by atoms with E-state index in [2.05, 4.69) is 0 Å². The van der Waals surface area contributed by atoms with E-state index in [0.717, 1.165) is 6.08 Å². The van der Waals surface area contributed by atoms with Crippen LogP contribution in [-0.4, -0.2) is 20.9 Å². The van der Waals surface area contributed by atoms with Crippen molar-refractivity contribution in [2.24, 2.45) is 0 Å². The molecule has 8 nitrogen and oxygen atoms in total. The van der Waals surface area contributed by atoms with Gasteiger partial charge in [0.15, 0.2) is 0 Å². The van der Waals surface area contributed by atoms with Gasteiger partial charge in [0.2, 0.25) is 0 Å². The first-order valence-corrected chi connectivity index (χ1v) is 5.93. The van der Waals surface area contributed by atoms with Crippen molar-refractivity contribution in [3.63, 3.8) is 0 Å². The molecule has 0 heterocycles. The highest BCUT2D eigenvalue weighted by atomic mass is 16.6. The molecule has 1 aromatic rings. The van der Waals surface area contributed by atoms with Crippen LogP contribution in [0.25, 0.3) is 6.08 Å². The van der Waals surface area contributed by atoms with Gasteiger partial charge in [0.05, 0.1) is 15.4 Å². The average molecular weight is 294 g/mol. The van der Waals surface area contributed by atoms with Crippen LogP contribution in [0.4, 0.5) is 11.4 Å². The first kappa shape index (κ1) is 16.3. The van der Waals surface area contributed by atoms with E-state index >= 15 is 0 Å². The van der Waals surface area contributed by atoms with Gasteiger partial charge in [-0.25, -0.2) is 4.79 Å². The van der Waals surface area contributed by atoms with E-state index in [0.29, 0.717) is 0 Å². The summed E-state index contributed by atoms with van der Waals surface area (Å²) in [5.74, 6) is -1.25. The van der Waals surface area contributed by atoms with Crippen LogP contribution in [0.15, 0.2) is 5.57 Å². The molecule has 112 valence electrons. The number of nitrogens with zero attached hydrogens (tertiary/aromatic N) is 2. The van der Waals surface area contributed by atoms with Crippen LogP contribution >= 0.6 is 0 Å². The Morgan fingerprint density at radius 1 is 1.00 bits per heavy atom. The molecule has 1 N–H and O–H groups in total. The highest BCUT2D eigenvalue weighted by molar-refractivity contribution is 5.93. The molecule has 0 atom stereocenters. The smallest absolute Gasteiger partial charge is 0.331 e. The molecule has 0 fully saturated rings. The van der Waals surface area contributed by atoms with Crippen molar-refractivity contribution < 1.29 is 19.7 Å². The Kier molecular flexibility index (Phi) is 4.42. The topological polar surface area (TPSA) is 124 Å². The quantitative estimate of drug-likeness (QED) is 0.517. The molecule has 0 bridgehead atoms. The van der Waals surface area contributed by atoms with Crippen molar-refractivity contribution in [3.05, 3.63) is 48.1 Å². The summed E-state index contributed by atoms with van der Waals surface area (Å²) in [6.45, 7) is 5.49. The molecule has 0 aliphatic rings. The Labute approximate surface area is 120 Å². The summed E-state index contributed by atoms with van der Waals surface area (Å²) in [6, 6.07) is 0. The maximum atomic E-state index is 11.2. The van der Waals surface area contributed by atoms with Gasteiger partial charge >= 0.3 is 5.97 Å². The van der Waals surface area contributed by atoms with Gasteiger partial charge in [-0.1, -0.05) is 0 Å². The zero-order valence-electron chi connectivity index (χ0n) is 12.0. The zero-order chi connectivity index (χ0) is 16.5. The molecule has 0 aliphatic carbocycles. The van der Waals surface area contributed by atoms with Gasteiger partial charge in [-0.15, -0.1) is 0 Å². The Morgan fingerprint density at radius 3 is 1.81 bits per heavy atom. The molecule has 21 heavy (non-hydrogen) atoms. The van der Waals surface area contributed by atoms with Gasteiger partial charge in [-0.3, -0.25) is 20.2 Å². The van der Waals surface area contributed by atoms with Crippen LogP contribution in [0.1, 0.15) is 29.2 Å². The van der Waals surface area contributed by atoms with Gasteiger partial charge < -0.3 is 5.11 Å². The Morgan fingerprint density at radius 2 is 1.43 bits per heavy atom. The van der Waals surface area contributed by atoms with E-state index in [-0.39, 0.29) is 39.2 Å². The Balaban J connectivity index is 3.91. The summed E-state index contributed by atoms with van der Waals surface area (Å²) >= 11 is 0. The fraction of sp³-hybridized carbons (Fsp3) is 0.308. The summed E-state index contributed by atoms with van der Waals surface area (Å²) in [4.78, 5) is 32.0. The van der Waals surface area contributed by atoms with E-state index in [4.69, 9.17) is 5.11 Å². The number of rotatable bonds is 4. The lowest BCUT2D eigenvalue weighted by Crippen LogP contribution is -2.06. The van der Waals surface area contributed by atoms with Gasteiger partial charge in [0.25, 0.3) is 11.4 Å². The summed E-state index contributed by atoms with van der Waals surface area (Å²) < 4.78 is 0. The number of nitro benzene ring substituents is 2. The van der Waals surface area contributed by atoms with E-state index in [1.54, 1.807) is 0 Å². The van der Waals surface area contributed by atoms with E-state index in [9.17, 15) is 25.0 Å². The van der Waals surface area contributed by atoms with Gasteiger partial charge in [0.1, 0.15) is 0 Å². The second-order valence-corrected chi connectivity index (χ2v) is 4.63. The first-order valence-electron chi connectivity index (χ1n) is 5.93. The monoisotopic (exact) mass is 294 g/mol. The van der Waals surface area contributed by atoms with Crippen LogP contribution in [0.2, 0.25) is 0 Å². The van der Waals surface area contributed by atoms with E-state index in [1.165, 1.54) is 27.7 Å². The summed E-state index contributed by atoms with van der Waals surface area (Å²) in [5.41, 5.74) is -0.293. The number of carboxylic acids is 1. The summed E-state index contributed by atoms with van der Waals surface area (Å²) in [6.07, 6.45) is 1.09. The van der Waals surface area contributed by atoms with Crippen LogP contribution in [0, 0.1) is 41.0 Å². The average Bonchev–Trinajstić information content (AvgIpc) is 2.34. The molecule has 0 saturated heterocycles. The van der Waals surface area contributed by atoms with E-state index in [1.807, 2.05) is 0 Å². The number of hydrogen-bond donors (Lipinski definition) is 1. The molecule has 8 heteroatoms. The molecule has 1 aromatic carbocycles. The number of hydrogen-bond acceptors (Lipinski definition) is 5. The van der Waals surface area contributed by atoms with Crippen LogP contribution in [0.5, 0.6) is 0 Å². The highest BCUT2D eigenvalue weighted by Gasteiger charge is 2.29. The predicted molar refractivity (Wildman–Crippen MR) is 75.2 cm³/mol. The number of aliphatic carboxylic acids is 1. The number of carboxylic acid groups (broad SMARTS) is 1. The lowest BCUT2D eigenvalue weighted by molar-refractivity contribution is -0.390. The van der Waals surface area contributed by atoms with Crippen molar-refractivity contribution in [1.82, 2.24) is 0 Å². The Bertz CT molecular complexity index is 691. The molecule has 1 rings (SSSR count). The zero-order valence-corrected chi connectivity index (χ0v) is 12.0. The van der Waals surface area contributed by atoms with Gasteiger partial charge in [-0.2, -0.15) is 0 Å². The third-order valence-corrected chi connectivity index (χ3v) is 3.35. The third-order valence-electron chi connectivity index (χ3n) is 3.35. The number of benzene rings is 1. The molecule has 0 amide bonds. The normalized spacial score (nSPS) is 11.3. The Hall–Kier alpha value is -2.77.